The molecule has 0 aliphatic heterocycles. The van der Waals surface area contributed by atoms with Crippen LogP contribution in [-0.2, 0) is 0 Å². The molecule has 11 heteroatoms. The van der Waals surface area contributed by atoms with E-state index in [1.807, 2.05) is 30.3 Å². The smallest absolute Gasteiger partial charge is 0.359 e. The van der Waals surface area contributed by atoms with E-state index < -0.39 is 32.7 Å². The van der Waals surface area contributed by atoms with Crippen LogP contribution in [-0.4, -0.2) is 36.2 Å². The summed E-state index contributed by atoms with van der Waals surface area (Å²) in [6, 6.07) is 15.3. The topological polar surface area (TPSA) is 168 Å². The van der Waals surface area contributed by atoms with Crippen molar-refractivity contribution in [3.63, 3.8) is 0 Å². The fraction of sp³-hybridized carbons (Fsp3) is 0. The summed E-state index contributed by atoms with van der Waals surface area (Å²) in [4.78, 5) is 31.9. The Morgan fingerprint density at radius 1 is 0.968 bits per heavy atom. The molecule has 1 heterocycles. The van der Waals surface area contributed by atoms with Crippen molar-refractivity contribution in [2.24, 2.45) is 4.99 Å². The van der Waals surface area contributed by atoms with Gasteiger partial charge >= 0.3 is 11.4 Å². The number of aliphatic imine (C=N–C) groups is 1. The molecule has 0 radical (unpaired) electrons. The zero-order valence-corrected chi connectivity index (χ0v) is 15.6. The summed E-state index contributed by atoms with van der Waals surface area (Å²) in [5.41, 5.74) is 0.323. The molecular formula is C20H13N5O6. The highest BCUT2D eigenvalue weighted by Crippen LogP contribution is 2.44. The summed E-state index contributed by atoms with van der Waals surface area (Å²) in [7, 11) is 0. The third-order valence-electron chi connectivity index (χ3n) is 4.50. The molecule has 3 N–H and O–H groups in total. The largest absolute Gasteiger partial charge is 0.502 e. The van der Waals surface area contributed by atoms with E-state index in [1.54, 1.807) is 18.2 Å². The maximum absolute atomic E-state index is 11.1. The predicted octanol–water partition coefficient (Wildman–Crippen LogP) is 4.21. The maximum Gasteiger partial charge on any atom is 0.359 e. The van der Waals surface area contributed by atoms with Crippen molar-refractivity contribution in [1.29, 1.82) is 0 Å². The molecule has 31 heavy (non-hydrogen) atoms. The fourth-order valence-corrected chi connectivity index (χ4v) is 3.02. The zero-order valence-electron chi connectivity index (χ0n) is 15.6. The van der Waals surface area contributed by atoms with Crippen LogP contribution in [0.5, 0.6) is 11.5 Å². The van der Waals surface area contributed by atoms with Gasteiger partial charge in [0.15, 0.2) is 0 Å². The van der Waals surface area contributed by atoms with Gasteiger partial charge in [0.25, 0.3) is 5.75 Å². The lowest BCUT2D eigenvalue weighted by atomic mass is 10.1. The molecule has 0 aliphatic rings. The summed E-state index contributed by atoms with van der Waals surface area (Å²) in [5.74, 6) is -1.48. The highest BCUT2D eigenvalue weighted by atomic mass is 16.6. The Bertz CT molecular complexity index is 1360. The Balaban J connectivity index is 1.73. The van der Waals surface area contributed by atoms with Crippen molar-refractivity contribution in [2.75, 3.05) is 0 Å². The van der Waals surface area contributed by atoms with Crippen LogP contribution >= 0.6 is 0 Å². The first kappa shape index (κ1) is 19.5. The second kappa shape index (κ2) is 7.55. The van der Waals surface area contributed by atoms with E-state index in [1.165, 1.54) is 0 Å². The maximum atomic E-state index is 11.1. The van der Waals surface area contributed by atoms with E-state index in [0.29, 0.717) is 22.5 Å². The number of benzene rings is 3. The van der Waals surface area contributed by atoms with Gasteiger partial charge in [0, 0.05) is 23.4 Å². The molecule has 0 atom stereocenters. The van der Waals surface area contributed by atoms with Crippen LogP contribution in [0.3, 0.4) is 0 Å². The molecule has 4 aromatic rings. The Morgan fingerprint density at radius 3 is 2.39 bits per heavy atom. The van der Waals surface area contributed by atoms with Gasteiger partial charge in [0.1, 0.15) is 5.82 Å². The van der Waals surface area contributed by atoms with E-state index in [-0.39, 0.29) is 5.56 Å². The number of aromatic hydroxyl groups is 2. The predicted molar refractivity (Wildman–Crippen MR) is 112 cm³/mol. The number of phenols is 2. The number of nitrogens with zero attached hydrogens (tertiary/aromatic N) is 4. The monoisotopic (exact) mass is 419 g/mol. The number of H-pyrrole nitrogens is 1. The molecule has 0 amide bonds. The summed E-state index contributed by atoms with van der Waals surface area (Å²) in [5, 5.41) is 42.0. The van der Waals surface area contributed by atoms with Crippen molar-refractivity contribution in [2.45, 2.75) is 0 Å². The molecule has 11 nitrogen and oxygen atoms in total. The second-order valence-electron chi connectivity index (χ2n) is 6.46. The molecule has 0 fully saturated rings. The molecule has 0 aliphatic carbocycles. The van der Waals surface area contributed by atoms with Gasteiger partial charge in [0.05, 0.1) is 26.6 Å². The lowest BCUT2D eigenvalue weighted by Gasteiger charge is -2.03. The van der Waals surface area contributed by atoms with Crippen molar-refractivity contribution in [3.8, 4) is 22.9 Å². The third kappa shape index (κ3) is 3.62. The lowest BCUT2D eigenvalue weighted by Crippen LogP contribution is -1.98. The Hall–Kier alpha value is -4.80. The number of rotatable bonds is 5. The van der Waals surface area contributed by atoms with Crippen molar-refractivity contribution >= 4 is 34.3 Å². The first-order valence-electron chi connectivity index (χ1n) is 8.82. The Labute approximate surface area is 173 Å². The number of aromatic amines is 1. The molecule has 0 bridgehead atoms. The van der Waals surface area contributed by atoms with Crippen LogP contribution in [0.2, 0.25) is 0 Å². The molecule has 0 saturated heterocycles. The standard InChI is InChI=1S/C20H13N5O6/c26-18-12(8-16(24(28)29)19(27)17(18)25(30)31)10-21-13-6-7-14-15(9-13)23-20(22-14)11-4-2-1-3-5-11/h1-10,26-27H,(H,22,23). The van der Waals surface area contributed by atoms with Gasteiger partial charge < -0.3 is 15.2 Å². The number of aromatic nitrogens is 2. The summed E-state index contributed by atoms with van der Waals surface area (Å²) in [6.07, 6.45) is 1.05. The molecule has 0 spiro atoms. The first-order valence-corrected chi connectivity index (χ1v) is 8.82. The lowest BCUT2D eigenvalue weighted by molar-refractivity contribution is -0.396. The van der Waals surface area contributed by atoms with Gasteiger partial charge in [-0.15, -0.1) is 0 Å². The number of phenolic OH excluding ortho intramolecular Hbond substituents is 2. The van der Waals surface area contributed by atoms with Gasteiger partial charge in [0.2, 0.25) is 5.75 Å². The van der Waals surface area contributed by atoms with Crippen molar-refractivity contribution in [3.05, 3.63) is 80.4 Å². The number of hydrogen-bond donors (Lipinski definition) is 3. The number of nitrogens with one attached hydrogen (secondary N) is 1. The van der Waals surface area contributed by atoms with Gasteiger partial charge in [-0.05, 0) is 18.2 Å². The first-order chi connectivity index (χ1) is 14.8. The fourth-order valence-electron chi connectivity index (χ4n) is 3.02. The average Bonchev–Trinajstić information content (AvgIpc) is 3.17. The molecule has 4 rings (SSSR count). The molecule has 1 aromatic heterocycles. The van der Waals surface area contributed by atoms with Gasteiger partial charge in [-0.2, -0.15) is 0 Å². The summed E-state index contributed by atoms with van der Waals surface area (Å²) in [6.45, 7) is 0. The molecule has 0 unspecified atom stereocenters. The van der Waals surface area contributed by atoms with E-state index in [9.17, 15) is 30.4 Å². The second-order valence-corrected chi connectivity index (χ2v) is 6.46. The molecule has 0 saturated carbocycles. The number of fused-ring (bicyclic) bond motifs is 1. The summed E-state index contributed by atoms with van der Waals surface area (Å²) >= 11 is 0. The average molecular weight is 419 g/mol. The van der Waals surface area contributed by atoms with Crippen molar-refractivity contribution < 1.29 is 20.1 Å². The highest BCUT2D eigenvalue weighted by Gasteiger charge is 2.31. The SMILES string of the molecule is O=[N+]([O-])c1cc(C=Nc2ccc3nc(-c4ccccc4)[nH]c3c2)c(O)c([N+](=O)[O-])c1O. The minimum atomic E-state index is -1.23. The minimum absolute atomic E-state index is 0.286. The Kier molecular flexibility index (Phi) is 4.76. The normalized spacial score (nSPS) is 11.2. The van der Waals surface area contributed by atoms with E-state index in [2.05, 4.69) is 15.0 Å². The van der Waals surface area contributed by atoms with Crippen LogP contribution in [0.15, 0.2) is 59.6 Å². The highest BCUT2D eigenvalue weighted by molar-refractivity contribution is 5.91. The van der Waals surface area contributed by atoms with Gasteiger partial charge in [-0.1, -0.05) is 30.3 Å². The van der Waals surface area contributed by atoms with Gasteiger partial charge in [-0.25, -0.2) is 4.98 Å². The minimum Gasteiger partial charge on any atom is -0.502 e. The van der Waals surface area contributed by atoms with Crippen LogP contribution in [0.25, 0.3) is 22.4 Å². The third-order valence-corrected chi connectivity index (χ3v) is 4.50. The summed E-state index contributed by atoms with van der Waals surface area (Å²) < 4.78 is 0. The van der Waals surface area contributed by atoms with Crippen LogP contribution < -0.4 is 0 Å². The molecule has 3 aromatic carbocycles. The molecule has 154 valence electrons. The quantitative estimate of drug-likeness (QED) is 0.247. The van der Waals surface area contributed by atoms with Crippen LogP contribution in [0, 0.1) is 20.2 Å². The molecular weight excluding hydrogens is 406 g/mol. The number of nitro benzene ring substituents is 2. The van der Waals surface area contributed by atoms with Gasteiger partial charge in [-0.3, -0.25) is 25.2 Å². The number of imidazole rings is 1. The van der Waals surface area contributed by atoms with Crippen LogP contribution in [0.4, 0.5) is 17.1 Å². The van der Waals surface area contributed by atoms with E-state index in [0.717, 1.165) is 17.8 Å². The van der Waals surface area contributed by atoms with E-state index in [4.69, 9.17) is 0 Å². The van der Waals surface area contributed by atoms with Crippen molar-refractivity contribution in [1.82, 2.24) is 9.97 Å². The van der Waals surface area contributed by atoms with E-state index >= 15 is 0 Å². The zero-order chi connectivity index (χ0) is 22.1. The van der Waals surface area contributed by atoms with Crippen LogP contribution in [0.1, 0.15) is 5.56 Å². The number of nitro groups is 2. The number of hydrogen-bond acceptors (Lipinski definition) is 8. The Morgan fingerprint density at radius 2 is 1.71 bits per heavy atom.